The van der Waals surface area contributed by atoms with Crippen molar-refractivity contribution in [3.05, 3.63) is 46.5 Å². The van der Waals surface area contributed by atoms with Crippen LogP contribution in [0, 0.1) is 30.2 Å². The molecular weight excluding hydrogens is 252 g/mol. The van der Waals surface area contributed by atoms with Crippen LogP contribution in [0.3, 0.4) is 0 Å². The number of esters is 1. The van der Waals surface area contributed by atoms with Crippen molar-refractivity contribution in [1.82, 2.24) is 0 Å². The molecule has 0 bridgehead atoms. The number of carbonyl (C=O) groups excluding carboxylic acids is 1. The fourth-order valence-electron chi connectivity index (χ4n) is 1.17. The summed E-state index contributed by atoms with van der Waals surface area (Å²) < 4.78 is 57.5. The fourth-order valence-corrected chi connectivity index (χ4v) is 1.17. The lowest BCUT2D eigenvalue weighted by molar-refractivity contribution is -0.140. The Balaban J connectivity index is 3.11. The highest BCUT2D eigenvalue weighted by molar-refractivity contribution is 5.86. The van der Waals surface area contributed by atoms with Gasteiger partial charge in [0, 0.05) is 11.1 Å². The molecule has 0 aliphatic carbocycles. The molecule has 0 saturated carbocycles. The van der Waals surface area contributed by atoms with Gasteiger partial charge < -0.3 is 4.74 Å². The van der Waals surface area contributed by atoms with Crippen LogP contribution in [-0.4, -0.2) is 5.97 Å². The van der Waals surface area contributed by atoms with E-state index in [4.69, 9.17) is 0 Å². The molecule has 2 nitrogen and oxygen atoms in total. The zero-order valence-electron chi connectivity index (χ0n) is 9.74. The Bertz CT molecular complexity index is 494. The quantitative estimate of drug-likeness (QED) is 0.362. The molecule has 0 atom stereocenters. The Morgan fingerprint density at radius 3 is 1.94 bits per heavy atom. The molecule has 0 heterocycles. The first-order chi connectivity index (χ1) is 8.27. The molecule has 18 heavy (non-hydrogen) atoms. The van der Waals surface area contributed by atoms with Crippen molar-refractivity contribution in [2.45, 2.75) is 20.5 Å². The molecule has 1 aromatic carbocycles. The number of halogens is 4. The minimum absolute atomic E-state index is 0.00359. The Morgan fingerprint density at radius 2 is 1.56 bits per heavy atom. The van der Waals surface area contributed by atoms with Gasteiger partial charge >= 0.3 is 5.97 Å². The van der Waals surface area contributed by atoms with Crippen LogP contribution in [0.1, 0.15) is 18.1 Å². The van der Waals surface area contributed by atoms with Crippen LogP contribution in [0.15, 0.2) is 12.2 Å². The molecule has 98 valence electrons. The van der Waals surface area contributed by atoms with E-state index < -0.39 is 47.0 Å². The maximum Gasteiger partial charge on any atom is 0.333 e. The number of hydrogen-bond acceptors (Lipinski definition) is 2. The third-order valence-electron chi connectivity index (χ3n) is 2.27. The molecule has 0 aromatic heterocycles. The number of rotatable bonds is 3. The summed E-state index contributed by atoms with van der Waals surface area (Å²) in [7, 11) is 0. The van der Waals surface area contributed by atoms with Gasteiger partial charge in [0.1, 0.15) is 6.61 Å². The highest BCUT2D eigenvalue weighted by Crippen LogP contribution is 2.24. The molecule has 1 aromatic rings. The molecule has 0 spiro atoms. The van der Waals surface area contributed by atoms with E-state index in [0.717, 1.165) is 6.92 Å². The minimum atomic E-state index is -1.57. The Labute approximate surface area is 101 Å². The number of benzene rings is 1. The van der Waals surface area contributed by atoms with Gasteiger partial charge in [-0.25, -0.2) is 22.4 Å². The molecule has 0 radical (unpaired) electrons. The lowest BCUT2D eigenvalue weighted by atomic mass is 10.1. The highest BCUT2D eigenvalue weighted by Gasteiger charge is 2.23. The summed E-state index contributed by atoms with van der Waals surface area (Å²) >= 11 is 0. The van der Waals surface area contributed by atoms with Crippen molar-refractivity contribution in [2.75, 3.05) is 0 Å². The van der Waals surface area contributed by atoms with Crippen LogP contribution in [-0.2, 0) is 16.1 Å². The van der Waals surface area contributed by atoms with Crippen LogP contribution in [0.25, 0.3) is 0 Å². The molecular formula is C12H10F4O2. The van der Waals surface area contributed by atoms with Gasteiger partial charge in [-0.3, -0.25) is 0 Å². The topological polar surface area (TPSA) is 26.3 Å². The smallest absolute Gasteiger partial charge is 0.333 e. The SMILES string of the molecule is C=C(C)C(=O)OCc1c(F)c(F)c(C)c(F)c1F. The second-order valence-corrected chi connectivity index (χ2v) is 3.72. The van der Waals surface area contributed by atoms with Crippen molar-refractivity contribution >= 4 is 5.97 Å². The van der Waals surface area contributed by atoms with Crippen molar-refractivity contribution in [1.29, 1.82) is 0 Å². The first-order valence-electron chi connectivity index (χ1n) is 4.91. The highest BCUT2D eigenvalue weighted by atomic mass is 19.2. The van der Waals surface area contributed by atoms with Crippen LogP contribution >= 0.6 is 0 Å². The van der Waals surface area contributed by atoms with Gasteiger partial charge in [0.25, 0.3) is 0 Å². The molecule has 0 N–H and O–H groups in total. The Hall–Kier alpha value is -1.85. The molecule has 0 unspecified atom stereocenters. The van der Waals surface area contributed by atoms with E-state index in [9.17, 15) is 22.4 Å². The maximum atomic E-state index is 13.4. The molecule has 1 rings (SSSR count). The Morgan fingerprint density at radius 1 is 1.11 bits per heavy atom. The zero-order chi connectivity index (χ0) is 14.0. The summed E-state index contributed by atoms with van der Waals surface area (Å²) in [6, 6.07) is 0. The van der Waals surface area contributed by atoms with E-state index in [-0.39, 0.29) is 5.57 Å². The summed E-state index contributed by atoms with van der Waals surface area (Å²) in [5.41, 5.74) is -1.73. The largest absolute Gasteiger partial charge is 0.457 e. The van der Waals surface area contributed by atoms with Gasteiger partial charge in [0.2, 0.25) is 0 Å². The number of carbonyl (C=O) groups is 1. The third kappa shape index (κ3) is 2.52. The molecule has 6 heteroatoms. The fraction of sp³-hybridized carbons (Fsp3) is 0.250. The van der Waals surface area contributed by atoms with Crippen LogP contribution in [0.4, 0.5) is 17.6 Å². The summed E-state index contributed by atoms with van der Waals surface area (Å²) in [5, 5.41) is 0. The van der Waals surface area contributed by atoms with Gasteiger partial charge in [-0.1, -0.05) is 6.58 Å². The van der Waals surface area contributed by atoms with Gasteiger partial charge in [0.05, 0.1) is 5.56 Å². The normalized spacial score (nSPS) is 10.3. The maximum absolute atomic E-state index is 13.4. The minimum Gasteiger partial charge on any atom is -0.457 e. The van der Waals surface area contributed by atoms with Gasteiger partial charge in [0.15, 0.2) is 23.3 Å². The molecule has 0 fully saturated rings. The van der Waals surface area contributed by atoms with Crippen LogP contribution in [0.5, 0.6) is 0 Å². The number of ether oxygens (including phenoxy) is 1. The van der Waals surface area contributed by atoms with E-state index >= 15 is 0 Å². The summed E-state index contributed by atoms with van der Waals surface area (Å²) in [4.78, 5) is 11.0. The zero-order valence-corrected chi connectivity index (χ0v) is 9.74. The van der Waals surface area contributed by atoms with Gasteiger partial charge in [-0.05, 0) is 13.8 Å². The molecule has 0 aliphatic rings. The van der Waals surface area contributed by atoms with Crippen molar-refractivity contribution in [3.8, 4) is 0 Å². The number of hydrogen-bond donors (Lipinski definition) is 0. The van der Waals surface area contributed by atoms with E-state index in [1.807, 2.05) is 0 Å². The first kappa shape index (κ1) is 14.2. The van der Waals surface area contributed by atoms with Crippen LogP contribution < -0.4 is 0 Å². The predicted octanol–water partition coefficient (Wildman–Crippen LogP) is 3.17. The third-order valence-corrected chi connectivity index (χ3v) is 2.27. The average molecular weight is 262 g/mol. The van der Waals surface area contributed by atoms with Gasteiger partial charge in [-0.2, -0.15) is 0 Å². The standard InChI is InChI=1S/C12H10F4O2/c1-5(2)12(17)18-4-7-10(15)8(13)6(3)9(14)11(7)16/h1,4H2,2-3H3. The van der Waals surface area contributed by atoms with E-state index in [1.54, 1.807) is 0 Å². The monoisotopic (exact) mass is 262 g/mol. The second-order valence-electron chi connectivity index (χ2n) is 3.72. The lowest BCUT2D eigenvalue weighted by Crippen LogP contribution is -2.11. The molecule has 0 amide bonds. The summed E-state index contributed by atoms with van der Waals surface area (Å²) in [6.07, 6.45) is 0. The van der Waals surface area contributed by atoms with Crippen molar-refractivity contribution in [2.24, 2.45) is 0 Å². The molecule has 0 saturated heterocycles. The van der Waals surface area contributed by atoms with Crippen LogP contribution in [0.2, 0.25) is 0 Å². The van der Waals surface area contributed by atoms with E-state index in [2.05, 4.69) is 11.3 Å². The van der Waals surface area contributed by atoms with Crippen molar-refractivity contribution in [3.63, 3.8) is 0 Å². The summed E-state index contributed by atoms with van der Waals surface area (Å²) in [6.45, 7) is 4.57. The average Bonchev–Trinajstić information content (AvgIpc) is 2.33. The Kier molecular flexibility index (Phi) is 4.11. The predicted molar refractivity (Wildman–Crippen MR) is 55.6 cm³/mol. The lowest BCUT2D eigenvalue weighted by Gasteiger charge is -2.10. The molecule has 0 aliphatic heterocycles. The summed E-state index contributed by atoms with van der Waals surface area (Å²) in [5.74, 6) is -7.05. The first-order valence-corrected chi connectivity index (χ1v) is 4.91. The second kappa shape index (κ2) is 5.20. The van der Waals surface area contributed by atoms with Crippen molar-refractivity contribution < 1.29 is 27.1 Å². The van der Waals surface area contributed by atoms with E-state index in [0.29, 0.717) is 0 Å². The van der Waals surface area contributed by atoms with E-state index in [1.165, 1.54) is 6.92 Å². The van der Waals surface area contributed by atoms with Gasteiger partial charge in [-0.15, -0.1) is 0 Å².